The molecule has 1 saturated heterocycles. The average molecular weight is 359 g/mol. The van der Waals surface area contributed by atoms with Crippen molar-refractivity contribution in [3.63, 3.8) is 0 Å². The Morgan fingerprint density at radius 3 is 2.73 bits per heavy atom. The normalized spacial score (nSPS) is 20.9. The van der Waals surface area contributed by atoms with E-state index >= 15 is 0 Å². The predicted octanol–water partition coefficient (Wildman–Crippen LogP) is 3.31. The number of ether oxygens (including phenoxy) is 1. The van der Waals surface area contributed by atoms with Crippen LogP contribution in [0.3, 0.4) is 0 Å². The number of methoxy groups -OCH3 is 1. The number of benzene rings is 1. The van der Waals surface area contributed by atoms with E-state index in [4.69, 9.17) is 4.74 Å². The summed E-state index contributed by atoms with van der Waals surface area (Å²) in [5, 5.41) is 5.80. The minimum atomic E-state index is -0.268. The Morgan fingerprint density at radius 2 is 2.04 bits per heavy atom. The van der Waals surface area contributed by atoms with Crippen LogP contribution in [0.25, 0.3) is 0 Å². The summed E-state index contributed by atoms with van der Waals surface area (Å²) in [6, 6.07) is 5.12. The van der Waals surface area contributed by atoms with Crippen molar-refractivity contribution >= 4 is 17.6 Å². The van der Waals surface area contributed by atoms with Gasteiger partial charge >= 0.3 is 6.03 Å². The van der Waals surface area contributed by atoms with Crippen LogP contribution in [0.2, 0.25) is 0 Å². The van der Waals surface area contributed by atoms with Gasteiger partial charge in [0.1, 0.15) is 5.75 Å². The Kier molecular flexibility index (Phi) is 6.01. The maximum absolute atomic E-state index is 12.3. The summed E-state index contributed by atoms with van der Waals surface area (Å²) < 4.78 is 5.18. The number of urea groups is 1. The average Bonchev–Trinajstić information content (AvgIpc) is 2.96. The fourth-order valence-electron chi connectivity index (χ4n) is 3.97. The van der Waals surface area contributed by atoms with E-state index in [1.165, 1.54) is 32.1 Å². The molecule has 3 rings (SSSR count). The first-order chi connectivity index (χ1) is 12.5. The van der Waals surface area contributed by atoms with Crippen molar-refractivity contribution in [2.75, 3.05) is 25.5 Å². The first kappa shape index (κ1) is 18.5. The lowest BCUT2D eigenvalue weighted by atomic mass is 9.89. The summed E-state index contributed by atoms with van der Waals surface area (Å²) in [4.78, 5) is 26.5. The lowest BCUT2D eigenvalue weighted by molar-refractivity contribution is -0.128. The minimum absolute atomic E-state index is 0.121. The van der Waals surface area contributed by atoms with Gasteiger partial charge in [-0.25, -0.2) is 4.79 Å². The highest BCUT2D eigenvalue weighted by molar-refractivity contribution is 5.91. The summed E-state index contributed by atoms with van der Waals surface area (Å²) >= 11 is 0. The maximum Gasteiger partial charge on any atom is 0.319 e. The fourth-order valence-corrected chi connectivity index (χ4v) is 3.97. The highest BCUT2D eigenvalue weighted by Crippen LogP contribution is 2.26. The molecule has 2 fully saturated rings. The second kappa shape index (κ2) is 8.43. The number of rotatable bonds is 5. The molecule has 6 heteroatoms. The molecule has 0 spiro atoms. The molecule has 1 atom stereocenters. The number of hydrogen-bond donors (Lipinski definition) is 2. The number of likely N-dealkylation sites (tertiary alicyclic amines) is 1. The van der Waals surface area contributed by atoms with Crippen molar-refractivity contribution in [3.8, 4) is 5.75 Å². The van der Waals surface area contributed by atoms with E-state index in [0.717, 1.165) is 23.5 Å². The topological polar surface area (TPSA) is 70.7 Å². The summed E-state index contributed by atoms with van der Waals surface area (Å²) in [6.45, 7) is 3.38. The van der Waals surface area contributed by atoms with E-state index in [1.807, 2.05) is 30.0 Å². The Labute approximate surface area is 155 Å². The highest BCUT2D eigenvalue weighted by atomic mass is 16.5. The van der Waals surface area contributed by atoms with Crippen LogP contribution in [0.1, 0.15) is 44.1 Å². The molecule has 0 unspecified atom stereocenters. The van der Waals surface area contributed by atoms with Crippen molar-refractivity contribution in [2.45, 2.75) is 51.5 Å². The van der Waals surface area contributed by atoms with Crippen LogP contribution >= 0.6 is 0 Å². The molecule has 1 aliphatic heterocycles. The van der Waals surface area contributed by atoms with Crippen LogP contribution in [-0.4, -0.2) is 43.1 Å². The molecule has 1 heterocycles. The molecule has 2 aliphatic rings. The number of anilines is 1. The third-order valence-corrected chi connectivity index (χ3v) is 5.43. The largest absolute Gasteiger partial charge is 0.497 e. The first-order valence-electron chi connectivity index (χ1n) is 9.55. The van der Waals surface area contributed by atoms with Crippen molar-refractivity contribution in [3.05, 3.63) is 23.8 Å². The van der Waals surface area contributed by atoms with Gasteiger partial charge in [-0.15, -0.1) is 0 Å². The monoisotopic (exact) mass is 359 g/mol. The van der Waals surface area contributed by atoms with Crippen molar-refractivity contribution in [1.29, 1.82) is 0 Å². The van der Waals surface area contributed by atoms with Gasteiger partial charge in [0.2, 0.25) is 5.91 Å². The molecule has 0 radical (unpaired) electrons. The molecule has 6 nitrogen and oxygen atoms in total. The van der Waals surface area contributed by atoms with Crippen LogP contribution in [0.15, 0.2) is 18.2 Å². The minimum Gasteiger partial charge on any atom is -0.497 e. The number of hydrogen-bond acceptors (Lipinski definition) is 3. The molecule has 1 aliphatic carbocycles. The number of amides is 3. The Bertz CT molecular complexity index is 656. The number of carbonyl (C=O) groups excluding carboxylic acids is 2. The van der Waals surface area contributed by atoms with Gasteiger partial charge in [0.15, 0.2) is 0 Å². The lowest BCUT2D eigenvalue weighted by Gasteiger charge is -2.27. The third-order valence-electron chi connectivity index (χ3n) is 5.43. The maximum atomic E-state index is 12.3. The van der Waals surface area contributed by atoms with E-state index in [9.17, 15) is 9.59 Å². The molecule has 142 valence electrons. The first-order valence-corrected chi connectivity index (χ1v) is 9.55. The molecule has 1 aromatic rings. The number of aryl methyl sites for hydroxylation is 1. The van der Waals surface area contributed by atoms with Crippen LogP contribution in [-0.2, 0) is 4.79 Å². The van der Waals surface area contributed by atoms with Crippen LogP contribution in [0.5, 0.6) is 5.75 Å². The van der Waals surface area contributed by atoms with E-state index in [2.05, 4.69) is 10.6 Å². The predicted molar refractivity (Wildman–Crippen MR) is 101 cm³/mol. The number of nitrogens with one attached hydrogen (secondary N) is 2. The Hall–Kier alpha value is -2.24. The zero-order valence-electron chi connectivity index (χ0n) is 15.7. The van der Waals surface area contributed by atoms with Crippen LogP contribution in [0, 0.1) is 12.8 Å². The molecular weight excluding hydrogens is 330 g/mol. The molecule has 2 N–H and O–H groups in total. The summed E-state index contributed by atoms with van der Waals surface area (Å²) in [7, 11) is 1.62. The van der Waals surface area contributed by atoms with Gasteiger partial charge in [-0.3, -0.25) is 4.79 Å². The molecule has 1 aromatic carbocycles. The van der Waals surface area contributed by atoms with Gasteiger partial charge in [-0.2, -0.15) is 0 Å². The van der Waals surface area contributed by atoms with Gasteiger partial charge in [0.05, 0.1) is 13.2 Å². The van der Waals surface area contributed by atoms with E-state index in [0.29, 0.717) is 18.9 Å². The molecule has 0 bridgehead atoms. The van der Waals surface area contributed by atoms with Gasteiger partial charge in [-0.1, -0.05) is 19.3 Å². The highest BCUT2D eigenvalue weighted by Gasteiger charge is 2.32. The molecule has 1 saturated carbocycles. The van der Waals surface area contributed by atoms with Crippen LogP contribution in [0.4, 0.5) is 10.5 Å². The van der Waals surface area contributed by atoms with Gasteiger partial charge in [0.25, 0.3) is 0 Å². The number of carbonyl (C=O) groups is 2. The molecule has 0 aromatic heterocycles. The second-order valence-electron chi connectivity index (χ2n) is 7.48. The zero-order valence-corrected chi connectivity index (χ0v) is 15.7. The molecule has 3 amide bonds. The summed E-state index contributed by atoms with van der Waals surface area (Å²) in [6.07, 6.45) is 6.70. The third kappa shape index (κ3) is 4.68. The molecule has 26 heavy (non-hydrogen) atoms. The zero-order chi connectivity index (χ0) is 18.5. The van der Waals surface area contributed by atoms with Gasteiger partial charge in [0, 0.05) is 25.2 Å². The quantitative estimate of drug-likeness (QED) is 0.847. The molecular formula is C20H29N3O3. The lowest BCUT2D eigenvalue weighted by Crippen LogP contribution is -2.40. The van der Waals surface area contributed by atoms with E-state index in [-0.39, 0.29) is 18.0 Å². The van der Waals surface area contributed by atoms with Crippen molar-refractivity contribution < 1.29 is 14.3 Å². The Balaban J connectivity index is 1.49. The SMILES string of the molecule is COc1ccc(NC(=O)N[C@@H]2CC(=O)N(CC3CCCCC3)C2)c(C)c1. The standard InChI is InChI=1S/C20H29N3O3/c1-14-10-17(26-2)8-9-18(14)22-20(25)21-16-11-19(24)23(13-16)12-15-6-4-3-5-7-15/h8-10,15-16H,3-7,11-13H2,1-2H3,(H2,21,22,25)/t16-/m1/s1. The van der Waals surface area contributed by atoms with E-state index in [1.54, 1.807) is 7.11 Å². The second-order valence-corrected chi connectivity index (χ2v) is 7.48. The summed E-state index contributed by atoms with van der Waals surface area (Å²) in [5.74, 6) is 1.54. The van der Waals surface area contributed by atoms with Crippen molar-refractivity contribution in [1.82, 2.24) is 10.2 Å². The van der Waals surface area contributed by atoms with E-state index < -0.39 is 0 Å². The fraction of sp³-hybridized carbons (Fsp3) is 0.600. The smallest absolute Gasteiger partial charge is 0.319 e. The Morgan fingerprint density at radius 1 is 1.27 bits per heavy atom. The van der Waals surface area contributed by atoms with Crippen molar-refractivity contribution in [2.24, 2.45) is 5.92 Å². The van der Waals surface area contributed by atoms with Crippen LogP contribution < -0.4 is 15.4 Å². The number of nitrogens with zero attached hydrogens (tertiary/aromatic N) is 1. The summed E-state index contributed by atoms with van der Waals surface area (Å²) in [5.41, 5.74) is 1.67. The van der Waals surface area contributed by atoms with Gasteiger partial charge < -0.3 is 20.3 Å². The van der Waals surface area contributed by atoms with Gasteiger partial charge in [-0.05, 0) is 49.4 Å².